The number of ether oxygens (including phenoxy) is 2. The Balaban J connectivity index is 0.824. The third-order valence-corrected chi connectivity index (χ3v) is 9.94. The maximum Gasteiger partial charge on any atom is 0.420 e. The molecule has 1 aliphatic rings. The van der Waals surface area contributed by atoms with Gasteiger partial charge in [-0.25, -0.2) is 14.5 Å². The first-order chi connectivity index (χ1) is 30.7. The number of aryl methyl sites for hydroxylation is 2. The number of nitrogens with one attached hydrogen (secondary N) is 3. The number of anilines is 1. The van der Waals surface area contributed by atoms with E-state index in [0.717, 1.165) is 11.8 Å². The van der Waals surface area contributed by atoms with E-state index in [0.29, 0.717) is 54.0 Å². The van der Waals surface area contributed by atoms with Crippen molar-refractivity contribution in [1.29, 1.82) is 0 Å². The summed E-state index contributed by atoms with van der Waals surface area (Å²) in [7, 11) is 0. The maximum atomic E-state index is 13.1. The normalized spacial score (nSPS) is 14.1. The summed E-state index contributed by atoms with van der Waals surface area (Å²) >= 11 is 0. The molecule has 1 aliphatic heterocycles. The number of rotatable bonds is 19. The van der Waals surface area contributed by atoms with Crippen LogP contribution in [0.4, 0.5) is 18.9 Å². The molecule has 2 aromatic carbocycles. The fourth-order valence-corrected chi connectivity index (χ4v) is 6.82. The molecular weight excluding hydrogens is 848 g/mol. The highest BCUT2D eigenvalue weighted by Gasteiger charge is 2.32. The van der Waals surface area contributed by atoms with Gasteiger partial charge in [-0.15, -0.1) is 0 Å². The molecule has 7 rings (SSSR count). The van der Waals surface area contributed by atoms with Crippen LogP contribution in [0.2, 0.25) is 0 Å². The number of aromatic nitrogens is 5. The summed E-state index contributed by atoms with van der Waals surface area (Å²) in [6.07, 6.45) is -0.537. The molecular formula is C42H40F3N9O10. The van der Waals surface area contributed by atoms with Gasteiger partial charge in [-0.05, 0) is 73.7 Å². The van der Waals surface area contributed by atoms with Crippen LogP contribution in [0, 0.1) is 0 Å². The zero-order valence-corrected chi connectivity index (χ0v) is 33.8. The minimum atomic E-state index is -4.35. The van der Waals surface area contributed by atoms with Crippen molar-refractivity contribution >= 4 is 46.3 Å². The van der Waals surface area contributed by atoms with Crippen molar-refractivity contribution in [1.82, 2.24) is 34.9 Å². The van der Waals surface area contributed by atoms with Crippen LogP contribution in [0.15, 0.2) is 86.9 Å². The molecule has 64 heavy (non-hydrogen) atoms. The molecule has 22 heteroatoms. The van der Waals surface area contributed by atoms with E-state index in [1.54, 1.807) is 24.3 Å². The summed E-state index contributed by atoms with van der Waals surface area (Å²) in [5, 5.41) is 11.7. The molecule has 1 unspecified atom stereocenters. The number of primary amides is 1. The third-order valence-electron chi connectivity index (χ3n) is 9.94. The van der Waals surface area contributed by atoms with E-state index in [4.69, 9.17) is 24.0 Å². The first-order valence-electron chi connectivity index (χ1n) is 19.9. The zero-order valence-electron chi connectivity index (χ0n) is 33.8. The molecule has 0 radical (unpaired) electrons. The van der Waals surface area contributed by atoms with E-state index in [2.05, 4.69) is 31.0 Å². The molecule has 5 N–H and O–H groups in total. The van der Waals surface area contributed by atoms with E-state index in [9.17, 15) is 41.9 Å². The summed E-state index contributed by atoms with van der Waals surface area (Å²) in [5.41, 5.74) is 7.92. The number of halogens is 3. The Kier molecular flexibility index (Phi) is 13.7. The number of alkyl halides is 3. The minimum Gasteiger partial charge on any atom is -0.444 e. The molecule has 5 heterocycles. The van der Waals surface area contributed by atoms with Crippen molar-refractivity contribution in [3.63, 3.8) is 0 Å². The maximum absolute atomic E-state index is 13.1. The average Bonchev–Trinajstić information content (AvgIpc) is 4.02. The Hall–Kier alpha value is -7.46. The van der Waals surface area contributed by atoms with Gasteiger partial charge in [0.1, 0.15) is 12.3 Å². The second-order valence-electron chi connectivity index (χ2n) is 14.4. The second kappa shape index (κ2) is 19.7. The van der Waals surface area contributed by atoms with E-state index in [1.165, 1.54) is 45.9 Å². The largest absolute Gasteiger partial charge is 0.444 e. The van der Waals surface area contributed by atoms with Crippen LogP contribution in [0.3, 0.4) is 0 Å². The fourth-order valence-electron chi connectivity index (χ4n) is 6.82. The van der Waals surface area contributed by atoms with Crippen LogP contribution in [0.25, 0.3) is 28.2 Å². The molecule has 334 valence electrons. The lowest BCUT2D eigenvalue weighted by Gasteiger charge is -2.21. The van der Waals surface area contributed by atoms with Gasteiger partial charge >= 0.3 is 11.9 Å². The van der Waals surface area contributed by atoms with E-state index >= 15 is 0 Å². The number of carbonyl (C=O) groups excluding carboxylic acids is 5. The van der Waals surface area contributed by atoms with Gasteiger partial charge in [0.15, 0.2) is 17.0 Å². The Morgan fingerprint density at radius 1 is 0.969 bits per heavy atom. The summed E-state index contributed by atoms with van der Waals surface area (Å²) in [5.74, 6) is -3.69. The molecule has 0 spiro atoms. The second-order valence-corrected chi connectivity index (χ2v) is 14.4. The Bertz CT molecular complexity index is 2740. The average molecular weight is 888 g/mol. The van der Waals surface area contributed by atoms with E-state index < -0.39 is 42.1 Å². The van der Waals surface area contributed by atoms with Crippen LogP contribution in [-0.2, 0) is 31.9 Å². The Labute approximate surface area is 360 Å². The molecule has 19 nitrogen and oxygen atoms in total. The lowest BCUT2D eigenvalue weighted by Crippen LogP contribution is -2.43. The zero-order chi connectivity index (χ0) is 45.4. The fraction of sp³-hybridized carbons (Fsp3) is 0.310. The Morgan fingerprint density at radius 3 is 2.50 bits per heavy atom. The summed E-state index contributed by atoms with van der Waals surface area (Å²) < 4.78 is 62.7. The number of nitrogens with zero attached hydrogens (tertiary/aromatic N) is 5. The number of amides is 5. The Morgan fingerprint density at radius 2 is 1.75 bits per heavy atom. The summed E-state index contributed by atoms with van der Waals surface area (Å²) in [4.78, 5) is 82.8. The van der Waals surface area contributed by atoms with Crippen LogP contribution >= 0.6 is 0 Å². The van der Waals surface area contributed by atoms with Gasteiger partial charge < -0.3 is 34.7 Å². The van der Waals surface area contributed by atoms with Crippen LogP contribution in [0.1, 0.15) is 74.3 Å². The number of fused-ring (bicyclic) bond motifs is 1. The third kappa shape index (κ3) is 10.9. The molecule has 0 saturated carbocycles. The topological polar surface area (TPSA) is 258 Å². The van der Waals surface area contributed by atoms with Crippen molar-refractivity contribution in [2.45, 2.75) is 50.7 Å². The van der Waals surface area contributed by atoms with Crippen molar-refractivity contribution in [2.75, 3.05) is 38.3 Å². The number of nitrogens with two attached hydrogens (primary N) is 1. The lowest BCUT2D eigenvalue weighted by atomic mass is 10.0. The number of benzene rings is 2. The number of piperidine rings is 1. The molecule has 6 aromatic rings. The first-order valence-corrected chi connectivity index (χ1v) is 19.9. The van der Waals surface area contributed by atoms with Crippen LogP contribution in [0.5, 0.6) is 0 Å². The quantitative estimate of drug-likeness (QED) is 0.0662. The highest BCUT2D eigenvalue weighted by Crippen LogP contribution is 2.27. The molecule has 0 bridgehead atoms. The number of pyridine rings is 1. The summed E-state index contributed by atoms with van der Waals surface area (Å²) in [6.45, 7) is 1.44. The van der Waals surface area contributed by atoms with Gasteiger partial charge in [-0.1, -0.05) is 12.1 Å². The smallest absolute Gasteiger partial charge is 0.420 e. The number of para-hydroxylation sites is 1. The van der Waals surface area contributed by atoms with Crippen molar-refractivity contribution < 1.29 is 55.5 Å². The number of oxazole rings is 2. The van der Waals surface area contributed by atoms with Gasteiger partial charge in [0.05, 0.1) is 42.9 Å². The van der Waals surface area contributed by atoms with Gasteiger partial charge in [-0.3, -0.25) is 38.8 Å². The minimum absolute atomic E-state index is 0.0354. The molecule has 1 saturated heterocycles. The van der Waals surface area contributed by atoms with Crippen LogP contribution < -0.4 is 27.4 Å². The predicted molar refractivity (Wildman–Crippen MR) is 218 cm³/mol. The number of imide groups is 1. The molecule has 5 amide bonds. The van der Waals surface area contributed by atoms with Crippen molar-refractivity contribution in [3.05, 3.63) is 112 Å². The molecule has 1 fully saturated rings. The number of hydrogen-bond acceptors (Lipinski definition) is 13. The molecule has 1 atom stereocenters. The first kappa shape index (κ1) is 44.6. The van der Waals surface area contributed by atoms with Crippen molar-refractivity contribution in [3.8, 4) is 17.1 Å². The monoisotopic (exact) mass is 887 g/mol. The van der Waals surface area contributed by atoms with Crippen molar-refractivity contribution in [2.24, 2.45) is 5.73 Å². The highest BCUT2D eigenvalue weighted by atomic mass is 19.4. The standard InChI is InChI=1S/C42H40F3N9O10/c43-42(44,45)14-12-27-21-26(13-15-47-27)40-50-30(23-63-40)38(58)49-29-22-53(52-34(29)36(46)56)28-8-6-25(7-9-28)37(57)48-16-18-62-20-19-61-17-2-4-24-3-1-5-31-35(24)64-41(60)54(31)32-10-11-33(55)51-39(32)59/h1,3,5-9,13,15,21-23,32H,2,4,10-12,14,16-20H2,(H2,46,56)(H,48,57)(H,49,58)(H,51,55,59). The van der Waals surface area contributed by atoms with E-state index in [-0.39, 0.29) is 79.5 Å². The number of carbonyl (C=O) groups is 5. The highest BCUT2D eigenvalue weighted by molar-refractivity contribution is 6.07. The molecule has 0 aliphatic carbocycles. The van der Waals surface area contributed by atoms with Gasteiger partial charge in [-0.2, -0.15) is 18.3 Å². The van der Waals surface area contributed by atoms with Gasteiger partial charge in [0.2, 0.25) is 17.7 Å². The SMILES string of the molecule is NC(=O)c1nn(-c2ccc(C(=O)NCCOCCOCCCc3cccc4c3oc(=O)n4C3CCC(=O)NC3=O)cc2)cc1NC(=O)c1coc(-c2ccnc(CCC(F)(F)F)c2)n1. The van der Waals surface area contributed by atoms with Crippen LogP contribution in [-0.4, -0.2) is 93.0 Å². The van der Waals surface area contributed by atoms with Gasteiger partial charge in [0.25, 0.3) is 17.7 Å². The predicted octanol–water partition coefficient (Wildman–Crippen LogP) is 4.05. The van der Waals surface area contributed by atoms with E-state index in [1.807, 2.05) is 6.07 Å². The number of hydrogen-bond donors (Lipinski definition) is 4. The van der Waals surface area contributed by atoms with Gasteiger partial charge in [0, 0.05) is 49.0 Å². The molecule has 4 aromatic heterocycles. The summed E-state index contributed by atoms with van der Waals surface area (Å²) in [6, 6.07) is 13.6. The lowest BCUT2D eigenvalue weighted by molar-refractivity contribution is -0.136.